The fourth-order valence-electron chi connectivity index (χ4n) is 1.26. The summed E-state index contributed by atoms with van der Waals surface area (Å²) in [6.07, 6.45) is 3.76. The standard InChI is InChI=1S/C10H19NO3/c1-2-6-14-7-5-9(10(12)13)11-8-3-4-8/h8-9,11H,2-7H2,1H3,(H,12,13). The van der Waals surface area contributed by atoms with Crippen LogP contribution in [0.2, 0.25) is 0 Å². The molecule has 1 aliphatic rings. The van der Waals surface area contributed by atoms with Gasteiger partial charge in [0.1, 0.15) is 6.04 Å². The van der Waals surface area contributed by atoms with E-state index in [0.29, 0.717) is 19.1 Å². The second-order valence-corrected chi connectivity index (χ2v) is 3.73. The highest BCUT2D eigenvalue weighted by molar-refractivity contribution is 5.73. The van der Waals surface area contributed by atoms with Gasteiger partial charge >= 0.3 is 5.97 Å². The molecule has 0 saturated heterocycles. The van der Waals surface area contributed by atoms with Gasteiger partial charge in [-0.25, -0.2) is 0 Å². The van der Waals surface area contributed by atoms with Crippen LogP contribution in [-0.2, 0) is 9.53 Å². The van der Waals surface area contributed by atoms with Crippen LogP contribution in [0.25, 0.3) is 0 Å². The molecule has 1 atom stereocenters. The van der Waals surface area contributed by atoms with Gasteiger partial charge in [-0.1, -0.05) is 6.92 Å². The monoisotopic (exact) mass is 201 g/mol. The first-order valence-electron chi connectivity index (χ1n) is 5.30. The van der Waals surface area contributed by atoms with Crippen molar-refractivity contribution < 1.29 is 14.6 Å². The van der Waals surface area contributed by atoms with Crippen molar-refractivity contribution in [2.24, 2.45) is 0 Å². The molecule has 0 spiro atoms. The van der Waals surface area contributed by atoms with Crippen molar-refractivity contribution >= 4 is 5.97 Å². The minimum absolute atomic E-state index is 0.431. The van der Waals surface area contributed by atoms with Gasteiger partial charge in [-0.15, -0.1) is 0 Å². The Bertz CT molecular complexity index is 180. The van der Waals surface area contributed by atoms with Crippen molar-refractivity contribution in [2.75, 3.05) is 13.2 Å². The maximum Gasteiger partial charge on any atom is 0.320 e. The molecule has 0 heterocycles. The zero-order valence-electron chi connectivity index (χ0n) is 8.66. The molecule has 0 radical (unpaired) electrons. The maximum absolute atomic E-state index is 10.8. The van der Waals surface area contributed by atoms with Gasteiger partial charge in [-0.2, -0.15) is 0 Å². The molecule has 14 heavy (non-hydrogen) atoms. The smallest absolute Gasteiger partial charge is 0.320 e. The lowest BCUT2D eigenvalue weighted by Crippen LogP contribution is -2.38. The van der Waals surface area contributed by atoms with Crippen LogP contribution in [0.15, 0.2) is 0 Å². The molecule has 1 fully saturated rings. The summed E-state index contributed by atoms with van der Waals surface area (Å²) in [5.41, 5.74) is 0. The van der Waals surface area contributed by atoms with Crippen molar-refractivity contribution in [3.63, 3.8) is 0 Å². The summed E-state index contributed by atoms with van der Waals surface area (Å²) in [5, 5.41) is 12.0. The molecule has 82 valence electrons. The molecule has 2 N–H and O–H groups in total. The molecule has 1 aliphatic carbocycles. The van der Waals surface area contributed by atoms with E-state index in [1.54, 1.807) is 0 Å². The second kappa shape index (κ2) is 5.98. The van der Waals surface area contributed by atoms with Crippen molar-refractivity contribution in [3.8, 4) is 0 Å². The largest absolute Gasteiger partial charge is 0.480 e. The molecule has 0 bridgehead atoms. The fourth-order valence-corrected chi connectivity index (χ4v) is 1.26. The van der Waals surface area contributed by atoms with E-state index in [-0.39, 0.29) is 0 Å². The Kier molecular flexibility index (Phi) is 4.90. The van der Waals surface area contributed by atoms with Gasteiger partial charge in [-0.05, 0) is 25.7 Å². The number of carboxylic acid groups (broad SMARTS) is 1. The Hall–Kier alpha value is -0.610. The number of carboxylic acids is 1. The van der Waals surface area contributed by atoms with Gasteiger partial charge in [-0.3, -0.25) is 4.79 Å². The van der Waals surface area contributed by atoms with Gasteiger partial charge in [0.15, 0.2) is 0 Å². The summed E-state index contributed by atoms with van der Waals surface area (Å²) in [6.45, 7) is 3.29. The lowest BCUT2D eigenvalue weighted by Gasteiger charge is -2.13. The summed E-state index contributed by atoms with van der Waals surface area (Å²) >= 11 is 0. The minimum Gasteiger partial charge on any atom is -0.480 e. The predicted octanol–water partition coefficient (Wildman–Crippen LogP) is 1.01. The first kappa shape index (κ1) is 11.5. The number of ether oxygens (including phenoxy) is 1. The molecule has 0 aromatic rings. The third-order valence-electron chi connectivity index (χ3n) is 2.21. The first-order valence-corrected chi connectivity index (χ1v) is 5.30. The number of carbonyl (C=O) groups is 1. The number of aliphatic carboxylic acids is 1. The number of hydrogen-bond acceptors (Lipinski definition) is 3. The van der Waals surface area contributed by atoms with Gasteiger partial charge in [0.25, 0.3) is 0 Å². The summed E-state index contributed by atoms with van der Waals surface area (Å²) in [6, 6.07) is 0.00151. The molecule has 4 heteroatoms. The highest BCUT2D eigenvalue weighted by Gasteiger charge is 2.27. The molecular weight excluding hydrogens is 182 g/mol. The van der Waals surface area contributed by atoms with E-state index in [0.717, 1.165) is 25.9 Å². The zero-order valence-corrected chi connectivity index (χ0v) is 8.66. The minimum atomic E-state index is -0.767. The van der Waals surface area contributed by atoms with Crippen LogP contribution >= 0.6 is 0 Å². The molecule has 4 nitrogen and oxygen atoms in total. The summed E-state index contributed by atoms with van der Waals surface area (Å²) < 4.78 is 5.26. The van der Waals surface area contributed by atoms with Crippen LogP contribution in [-0.4, -0.2) is 36.4 Å². The summed E-state index contributed by atoms with van der Waals surface area (Å²) in [7, 11) is 0. The molecule has 0 aromatic heterocycles. The van der Waals surface area contributed by atoms with Gasteiger partial charge in [0.2, 0.25) is 0 Å². The van der Waals surface area contributed by atoms with E-state index < -0.39 is 12.0 Å². The third kappa shape index (κ3) is 4.58. The Morgan fingerprint density at radius 2 is 2.29 bits per heavy atom. The van der Waals surface area contributed by atoms with Crippen molar-refractivity contribution in [1.29, 1.82) is 0 Å². The van der Waals surface area contributed by atoms with Gasteiger partial charge in [0.05, 0.1) is 0 Å². The van der Waals surface area contributed by atoms with Gasteiger partial charge < -0.3 is 15.2 Å². The highest BCUT2D eigenvalue weighted by Crippen LogP contribution is 2.19. The van der Waals surface area contributed by atoms with E-state index in [2.05, 4.69) is 5.32 Å². The zero-order chi connectivity index (χ0) is 10.4. The van der Waals surface area contributed by atoms with Crippen LogP contribution in [0.4, 0.5) is 0 Å². The van der Waals surface area contributed by atoms with E-state index in [1.165, 1.54) is 0 Å². The highest BCUT2D eigenvalue weighted by atomic mass is 16.5. The van der Waals surface area contributed by atoms with E-state index >= 15 is 0 Å². The van der Waals surface area contributed by atoms with E-state index in [9.17, 15) is 4.79 Å². The van der Waals surface area contributed by atoms with Gasteiger partial charge in [0, 0.05) is 19.3 Å². The number of nitrogens with one attached hydrogen (secondary N) is 1. The lowest BCUT2D eigenvalue weighted by atomic mass is 10.2. The van der Waals surface area contributed by atoms with Crippen LogP contribution < -0.4 is 5.32 Å². The second-order valence-electron chi connectivity index (χ2n) is 3.73. The molecule has 1 unspecified atom stereocenters. The molecule has 0 aromatic carbocycles. The molecule has 0 aliphatic heterocycles. The average Bonchev–Trinajstić information content (AvgIpc) is 2.93. The number of hydrogen-bond donors (Lipinski definition) is 2. The van der Waals surface area contributed by atoms with Crippen LogP contribution in [0, 0.1) is 0 Å². The van der Waals surface area contributed by atoms with Crippen molar-refractivity contribution in [1.82, 2.24) is 5.32 Å². The summed E-state index contributed by atoms with van der Waals surface area (Å²) in [4.78, 5) is 10.8. The van der Waals surface area contributed by atoms with Crippen LogP contribution in [0.1, 0.15) is 32.6 Å². The third-order valence-corrected chi connectivity index (χ3v) is 2.21. The van der Waals surface area contributed by atoms with Crippen LogP contribution in [0.5, 0.6) is 0 Å². The molecular formula is C10H19NO3. The first-order chi connectivity index (χ1) is 6.74. The fraction of sp³-hybridized carbons (Fsp3) is 0.900. The Morgan fingerprint density at radius 1 is 1.57 bits per heavy atom. The predicted molar refractivity (Wildman–Crippen MR) is 53.3 cm³/mol. The van der Waals surface area contributed by atoms with Crippen molar-refractivity contribution in [3.05, 3.63) is 0 Å². The van der Waals surface area contributed by atoms with Crippen LogP contribution in [0.3, 0.4) is 0 Å². The SMILES string of the molecule is CCCOCCC(NC1CC1)C(=O)O. The Balaban J connectivity index is 2.10. The van der Waals surface area contributed by atoms with Crippen molar-refractivity contribution in [2.45, 2.75) is 44.7 Å². The molecule has 1 rings (SSSR count). The quantitative estimate of drug-likeness (QED) is 0.575. The lowest BCUT2D eigenvalue weighted by molar-refractivity contribution is -0.140. The molecule has 1 saturated carbocycles. The van der Waals surface area contributed by atoms with E-state index in [4.69, 9.17) is 9.84 Å². The Morgan fingerprint density at radius 3 is 2.79 bits per heavy atom. The summed E-state index contributed by atoms with van der Waals surface area (Å²) in [5.74, 6) is -0.767. The van der Waals surface area contributed by atoms with E-state index in [1.807, 2.05) is 6.92 Å². The topological polar surface area (TPSA) is 58.6 Å². The number of rotatable bonds is 8. The average molecular weight is 201 g/mol. The maximum atomic E-state index is 10.8. The normalized spacial score (nSPS) is 18.1. The molecule has 0 amide bonds. The Labute approximate surface area is 84.6 Å².